The lowest BCUT2D eigenvalue weighted by atomic mass is 10.1. The summed E-state index contributed by atoms with van der Waals surface area (Å²) < 4.78 is 12.2. The van der Waals surface area contributed by atoms with Crippen LogP contribution in [-0.2, 0) is 9.59 Å². The van der Waals surface area contributed by atoms with E-state index in [2.05, 4.69) is 33.2 Å². The fourth-order valence-electron chi connectivity index (χ4n) is 3.16. The van der Waals surface area contributed by atoms with Gasteiger partial charge in [-0.25, -0.2) is 0 Å². The molecule has 0 bridgehead atoms. The van der Waals surface area contributed by atoms with Crippen LogP contribution >= 0.6 is 34.2 Å². The van der Waals surface area contributed by atoms with E-state index in [9.17, 15) is 14.9 Å². The quantitative estimate of drug-likeness (QED) is 0.169. The molecule has 0 aliphatic carbocycles. The minimum absolute atomic E-state index is 0.0884. The van der Waals surface area contributed by atoms with Gasteiger partial charge in [-0.15, -0.1) is 0 Å². The molecule has 0 unspecified atom stereocenters. The summed E-state index contributed by atoms with van der Waals surface area (Å²) in [6, 6.07) is 19.4. The Labute approximate surface area is 228 Å². The van der Waals surface area contributed by atoms with Crippen LogP contribution in [0.3, 0.4) is 0 Å². The average Bonchev–Trinajstić information content (AvgIpc) is 2.85. The predicted molar refractivity (Wildman–Crippen MR) is 149 cm³/mol. The van der Waals surface area contributed by atoms with Crippen LogP contribution in [0.25, 0.3) is 6.08 Å². The first kappa shape index (κ1) is 27.0. The van der Waals surface area contributed by atoms with E-state index in [1.165, 1.54) is 6.08 Å². The van der Waals surface area contributed by atoms with E-state index in [0.29, 0.717) is 43.6 Å². The van der Waals surface area contributed by atoms with E-state index < -0.39 is 5.91 Å². The lowest BCUT2D eigenvalue weighted by Gasteiger charge is -2.15. The maximum atomic E-state index is 12.6. The van der Waals surface area contributed by atoms with Crippen LogP contribution < -0.4 is 20.1 Å². The third-order valence-electron chi connectivity index (χ3n) is 4.88. The first-order chi connectivity index (χ1) is 17.3. The van der Waals surface area contributed by atoms with Crippen molar-refractivity contribution < 1.29 is 19.1 Å². The normalized spacial score (nSPS) is 10.8. The first-order valence-corrected chi connectivity index (χ1v) is 12.4. The van der Waals surface area contributed by atoms with Gasteiger partial charge < -0.3 is 20.1 Å². The largest absolute Gasteiger partial charge is 0.490 e. The van der Waals surface area contributed by atoms with E-state index in [1.54, 1.807) is 36.4 Å². The molecule has 7 nitrogen and oxygen atoms in total. The van der Waals surface area contributed by atoms with Gasteiger partial charge in [0.05, 0.1) is 10.2 Å². The van der Waals surface area contributed by atoms with Crippen molar-refractivity contribution in [2.24, 2.45) is 0 Å². The zero-order chi connectivity index (χ0) is 26.1. The van der Waals surface area contributed by atoms with Gasteiger partial charge in [-0.1, -0.05) is 29.8 Å². The Bertz CT molecular complexity index is 1330. The zero-order valence-corrected chi connectivity index (χ0v) is 22.5. The average molecular weight is 616 g/mol. The SMILES string of the molecule is CCOc1cc(/C=C(/C#N)C(=O)Nc2ccc(Cl)cc2)cc(I)c1OCC(=O)Nc1ccccc1C. The number of aryl methyl sites for hydroxylation is 1. The number of hydrogen-bond donors (Lipinski definition) is 2. The maximum Gasteiger partial charge on any atom is 0.266 e. The molecule has 0 spiro atoms. The Hall–Kier alpha value is -3.55. The van der Waals surface area contributed by atoms with Crippen molar-refractivity contribution in [2.75, 3.05) is 23.8 Å². The third-order valence-corrected chi connectivity index (χ3v) is 5.93. The molecule has 2 N–H and O–H groups in total. The summed E-state index contributed by atoms with van der Waals surface area (Å²) in [5.74, 6) is -0.0634. The number of ether oxygens (including phenoxy) is 2. The number of para-hydroxylation sites is 1. The van der Waals surface area contributed by atoms with Gasteiger partial charge >= 0.3 is 0 Å². The van der Waals surface area contributed by atoms with E-state index in [0.717, 1.165) is 5.56 Å². The highest BCUT2D eigenvalue weighted by atomic mass is 127. The zero-order valence-electron chi connectivity index (χ0n) is 19.6. The highest BCUT2D eigenvalue weighted by Crippen LogP contribution is 2.35. The number of nitriles is 1. The molecule has 0 saturated carbocycles. The number of anilines is 2. The van der Waals surface area contributed by atoms with Crippen molar-refractivity contribution in [1.82, 2.24) is 0 Å². The lowest BCUT2D eigenvalue weighted by Crippen LogP contribution is -2.21. The van der Waals surface area contributed by atoms with Crippen LogP contribution in [0.1, 0.15) is 18.1 Å². The molecule has 2 amide bonds. The number of hydrogen-bond acceptors (Lipinski definition) is 5. The summed E-state index contributed by atoms with van der Waals surface area (Å²) in [5.41, 5.74) is 2.66. The number of carbonyl (C=O) groups is 2. The molecule has 0 radical (unpaired) electrons. The second kappa shape index (κ2) is 13.0. The number of benzene rings is 3. The summed E-state index contributed by atoms with van der Waals surface area (Å²) in [4.78, 5) is 25.0. The van der Waals surface area contributed by atoms with Crippen molar-refractivity contribution in [2.45, 2.75) is 13.8 Å². The highest BCUT2D eigenvalue weighted by molar-refractivity contribution is 14.1. The fraction of sp³-hybridized carbons (Fsp3) is 0.148. The van der Waals surface area contributed by atoms with Crippen LogP contribution in [0.4, 0.5) is 11.4 Å². The van der Waals surface area contributed by atoms with Gasteiger partial charge in [0.15, 0.2) is 18.1 Å². The van der Waals surface area contributed by atoms with Gasteiger partial charge in [-0.05, 0) is 96.1 Å². The number of halogens is 2. The standard InChI is InChI=1S/C27H23ClIN3O4/c1-3-35-24-14-18(12-19(15-30)27(34)31-21-10-8-20(28)9-11-21)13-22(29)26(24)36-16-25(33)32-23-7-5-4-6-17(23)2/h4-14H,3,16H2,1-2H3,(H,31,34)(H,32,33)/b19-12-. The van der Waals surface area contributed by atoms with Gasteiger partial charge in [-0.2, -0.15) is 5.26 Å². The summed E-state index contributed by atoms with van der Waals surface area (Å²) in [7, 11) is 0. The number of nitrogens with one attached hydrogen (secondary N) is 2. The van der Waals surface area contributed by atoms with E-state index in [4.69, 9.17) is 21.1 Å². The molecule has 0 atom stereocenters. The topological polar surface area (TPSA) is 100 Å². The molecule has 3 aromatic carbocycles. The van der Waals surface area contributed by atoms with Gasteiger partial charge in [0.2, 0.25) is 0 Å². The number of nitrogens with zero attached hydrogens (tertiary/aromatic N) is 1. The Morgan fingerprint density at radius 2 is 1.81 bits per heavy atom. The molecule has 36 heavy (non-hydrogen) atoms. The Kier molecular flexibility index (Phi) is 9.73. The van der Waals surface area contributed by atoms with Gasteiger partial charge in [-0.3, -0.25) is 9.59 Å². The van der Waals surface area contributed by atoms with Gasteiger partial charge in [0.1, 0.15) is 11.6 Å². The highest BCUT2D eigenvalue weighted by Gasteiger charge is 2.16. The molecular weight excluding hydrogens is 593 g/mol. The molecule has 0 fully saturated rings. The molecule has 0 aromatic heterocycles. The molecule has 184 valence electrons. The van der Waals surface area contributed by atoms with Crippen LogP contribution in [-0.4, -0.2) is 25.0 Å². The summed E-state index contributed by atoms with van der Waals surface area (Å²) >= 11 is 7.94. The van der Waals surface area contributed by atoms with E-state index in [1.807, 2.05) is 44.2 Å². The molecular formula is C27H23ClIN3O4. The van der Waals surface area contributed by atoms with Crippen LogP contribution in [0, 0.1) is 21.8 Å². The van der Waals surface area contributed by atoms with Crippen molar-refractivity contribution in [3.05, 3.63) is 86.0 Å². The Morgan fingerprint density at radius 1 is 1.08 bits per heavy atom. The van der Waals surface area contributed by atoms with E-state index >= 15 is 0 Å². The summed E-state index contributed by atoms with van der Waals surface area (Å²) in [6.45, 7) is 3.87. The van der Waals surface area contributed by atoms with Crippen LogP contribution in [0.2, 0.25) is 5.02 Å². The van der Waals surface area contributed by atoms with Crippen molar-refractivity contribution in [3.8, 4) is 17.6 Å². The Balaban J connectivity index is 1.77. The molecule has 9 heteroatoms. The molecule has 3 rings (SSSR count). The number of rotatable bonds is 9. The second-order valence-corrected chi connectivity index (χ2v) is 9.14. The van der Waals surface area contributed by atoms with Crippen LogP contribution in [0.15, 0.2) is 66.2 Å². The predicted octanol–water partition coefficient (Wildman–Crippen LogP) is 6.21. The van der Waals surface area contributed by atoms with Crippen LogP contribution in [0.5, 0.6) is 11.5 Å². The molecule has 0 aliphatic rings. The number of carbonyl (C=O) groups excluding carboxylic acids is 2. The first-order valence-electron chi connectivity index (χ1n) is 10.9. The maximum absolute atomic E-state index is 12.6. The summed E-state index contributed by atoms with van der Waals surface area (Å²) in [5, 5.41) is 15.6. The second-order valence-electron chi connectivity index (χ2n) is 7.55. The van der Waals surface area contributed by atoms with Gasteiger partial charge in [0.25, 0.3) is 11.8 Å². The minimum atomic E-state index is -0.555. The molecule has 0 aliphatic heterocycles. The van der Waals surface area contributed by atoms with Crippen molar-refractivity contribution >= 4 is 63.5 Å². The minimum Gasteiger partial charge on any atom is -0.490 e. The van der Waals surface area contributed by atoms with Crippen molar-refractivity contribution in [3.63, 3.8) is 0 Å². The molecule has 0 heterocycles. The molecule has 0 saturated heterocycles. The molecule has 3 aromatic rings. The van der Waals surface area contributed by atoms with E-state index in [-0.39, 0.29) is 18.1 Å². The lowest BCUT2D eigenvalue weighted by molar-refractivity contribution is -0.118. The fourth-order valence-corrected chi connectivity index (χ4v) is 4.07. The van der Waals surface area contributed by atoms with Crippen molar-refractivity contribution in [1.29, 1.82) is 5.26 Å². The number of amides is 2. The smallest absolute Gasteiger partial charge is 0.266 e. The monoisotopic (exact) mass is 615 g/mol. The summed E-state index contributed by atoms with van der Waals surface area (Å²) in [6.07, 6.45) is 1.46. The van der Waals surface area contributed by atoms with Gasteiger partial charge in [0, 0.05) is 16.4 Å². The Morgan fingerprint density at radius 3 is 2.47 bits per heavy atom. The third kappa shape index (κ3) is 7.47.